The van der Waals surface area contributed by atoms with Crippen molar-refractivity contribution in [3.63, 3.8) is 0 Å². The van der Waals surface area contributed by atoms with Gasteiger partial charge in [0, 0.05) is 0 Å². The molecule has 0 aliphatic heterocycles. The lowest BCUT2D eigenvalue weighted by molar-refractivity contribution is -0.123. The van der Waals surface area contributed by atoms with Gasteiger partial charge in [0.1, 0.15) is 18.1 Å². The molecular weight excluding hydrogens is 420 g/mol. The normalized spacial score (nSPS) is 10.6. The summed E-state index contributed by atoms with van der Waals surface area (Å²) in [6.45, 7) is 0.391. The van der Waals surface area contributed by atoms with Crippen LogP contribution in [0, 0.1) is 0 Å². The number of hydrogen-bond donors (Lipinski definition) is 1. The third kappa shape index (κ3) is 6.25. The number of para-hydroxylation sites is 1. The summed E-state index contributed by atoms with van der Waals surface area (Å²) < 4.78 is 12.0. The first-order valence-electron chi connectivity index (χ1n) is 8.67. The smallest absolute Gasteiger partial charge is 0.277 e. The fourth-order valence-corrected chi connectivity index (χ4v) is 2.84. The molecular formula is C22H19BrN2O3. The van der Waals surface area contributed by atoms with Crippen LogP contribution in [0.2, 0.25) is 0 Å². The second-order valence-electron chi connectivity index (χ2n) is 5.86. The second-order valence-corrected chi connectivity index (χ2v) is 6.71. The van der Waals surface area contributed by atoms with Crippen molar-refractivity contribution in [1.82, 2.24) is 5.43 Å². The van der Waals surface area contributed by atoms with Crippen LogP contribution >= 0.6 is 15.9 Å². The zero-order chi connectivity index (χ0) is 19.6. The number of ether oxygens (including phenoxy) is 2. The van der Waals surface area contributed by atoms with Crippen molar-refractivity contribution >= 4 is 28.1 Å². The quantitative estimate of drug-likeness (QED) is 0.414. The minimum Gasteiger partial charge on any atom is -0.488 e. The van der Waals surface area contributed by atoms with E-state index in [0.29, 0.717) is 12.4 Å². The Kier molecular flexibility index (Phi) is 7.21. The largest absolute Gasteiger partial charge is 0.488 e. The summed E-state index contributed by atoms with van der Waals surface area (Å²) in [7, 11) is 0. The monoisotopic (exact) mass is 438 g/mol. The highest BCUT2D eigenvalue weighted by atomic mass is 79.9. The van der Waals surface area contributed by atoms with Crippen LogP contribution in [0.3, 0.4) is 0 Å². The predicted molar refractivity (Wildman–Crippen MR) is 113 cm³/mol. The highest BCUT2D eigenvalue weighted by molar-refractivity contribution is 9.10. The molecule has 0 bridgehead atoms. The average molecular weight is 439 g/mol. The fourth-order valence-electron chi connectivity index (χ4n) is 2.33. The van der Waals surface area contributed by atoms with Crippen LogP contribution in [-0.4, -0.2) is 18.7 Å². The summed E-state index contributed by atoms with van der Waals surface area (Å²) in [5.41, 5.74) is 4.36. The number of carbonyl (C=O) groups is 1. The summed E-state index contributed by atoms with van der Waals surface area (Å²) in [6.07, 6.45) is 1.56. The third-order valence-corrected chi connectivity index (χ3v) is 4.33. The van der Waals surface area contributed by atoms with Crippen LogP contribution in [0.15, 0.2) is 88.4 Å². The lowest BCUT2D eigenvalue weighted by Crippen LogP contribution is -2.24. The molecule has 0 aliphatic rings. The van der Waals surface area contributed by atoms with Crippen LogP contribution in [0.25, 0.3) is 0 Å². The zero-order valence-corrected chi connectivity index (χ0v) is 16.6. The van der Waals surface area contributed by atoms with E-state index in [0.717, 1.165) is 21.3 Å². The molecule has 3 rings (SSSR count). The molecule has 3 aromatic carbocycles. The molecule has 0 aliphatic carbocycles. The molecule has 6 heteroatoms. The maximum absolute atomic E-state index is 11.8. The van der Waals surface area contributed by atoms with Gasteiger partial charge in [0.2, 0.25) is 0 Å². The van der Waals surface area contributed by atoms with Gasteiger partial charge in [-0.1, -0.05) is 48.5 Å². The second kappa shape index (κ2) is 10.3. The topological polar surface area (TPSA) is 59.9 Å². The fraction of sp³-hybridized carbons (Fsp3) is 0.0909. The standard InChI is InChI=1S/C22H19BrN2O3/c23-20-13-18(11-12-21(20)28-15-17-7-3-1-4-8-17)14-24-25-22(26)16-27-19-9-5-2-6-10-19/h1-14H,15-16H2,(H,25,26)/b24-14-. The Morgan fingerprint density at radius 2 is 1.68 bits per heavy atom. The first-order chi connectivity index (χ1) is 13.7. The summed E-state index contributed by atoms with van der Waals surface area (Å²) in [6, 6.07) is 24.7. The van der Waals surface area contributed by atoms with Crippen LogP contribution < -0.4 is 14.9 Å². The minimum atomic E-state index is -0.331. The van der Waals surface area contributed by atoms with E-state index in [-0.39, 0.29) is 12.5 Å². The summed E-state index contributed by atoms with van der Waals surface area (Å²) in [5, 5.41) is 3.95. The zero-order valence-electron chi connectivity index (χ0n) is 15.0. The molecule has 142 valence electrons. The van der Waals surface area contributed by atoms with Crippen molar-refractivity contribution in [1.29, 1.82) is 0 Å². The van der Waals surface area contributed by atoms with Crippen LogP contribution in [0.1, 0.15) is 11.1 Å². The van der Waals surface area contributed by atoms with Crippen molar-refractivity contribution in [3.8, 4) is 11.5 Å². The lowest BCUT2D eigenvalue weighted by Gasteiger charge is -2.09. The Labute approximate surface area is 172 Å². The van der Waals surface area contributed by atoms with Gasteiger partial charge in [-0.3, -0.25) is 4.79 Å². The Morgan fingerprint density at radius 1 is 0.964 bits per heavy atom. The van der Waals surface area contributed by atoms with Gasteiger partial charge in [-0.05, 0) is 57.4 Å². The number of nitrogens with one attached hydrogen (secondary N) is 1. The Hall–Kier alpha value is -3.12. The van der Waals surface area contributed by atoms with Crippen LogP contribution in [0.5, 0.6) is 11.5 Å². The number of carbonyl (C=O) groups excluding carboxylic acids is 1. The molecule has 0 radical (unpaired) electrons. The Morgan fingerprint density at radius 3 is 2.39 bits per heavy atom. The van der Waals surface area contributed by atoms with E-state index in [4.69, 9.17) is 9.47 Å². The molecule has 5 nitrogen and oxygen atoms in total. The number of nitrogens with zero attached hydrogens (tertiary/aromatic N) is 1. The van der Waals surface area contributed by atoms with Crippen molar-refractivity contribution in [2.75, 3.05) is 6.61 Å². The van der Waals surface area contributed by atoms with Crippen LogP contribution in [-0.2, 0) is 11.4 Å². The first-order valence-corrected chi connectivity index (χ1v) is 9.46. The average Bonchev–Trinajstić information content (AvgIpc) is 2.73. The van der Waals surface area contributed by atoms with Gasteiger partial charge in [0.05, 0.1) is 10.7 Å². The van der Waals surface area contributed by atoms with Gasteiger partial charge in [0.25, 0.3) is 5.91 Å². The van der Waals surface area contributed by atoms with E-state index >= 15 is 0 Å². The maximum atomic E-state index is 11.8. The highest BCUT2D eigenvalue weighted by Gasteiger charge is 2.04. The SMILES string of the molecule is O=C(COc1ccccc1)N/N=C\c1ccc(OCc2ccccc2)c(Br)c1. The molecule has 0 heterocycles. The lowest BCUT2D eigenvalue weighted by atomic mass is 10.2. The first kappa shape index (κ1) is 19.6. The van der Waals surface area contributed by atoms with Gasteiger partial charge >= 0.3 is 0 Å². The molecule has 0 aromatic heterocycles. The maximum Gasteiger partial charge on any atom is 0.277 e. The van der Waals surface area contributed by atoms with Gasteiger partial charge in [-0.2, -0.15) is 5.10 Å². The molecule has 1 N–H and O–H groups in total. The number of benzene rings is 3. The molecule has 0 saturated carbocycles. The Balaban J connectivity index is 1.47. The minimum absolute atomic E-state index is 0.0999. The van der Waals surface area contributed by atoms with Gasteiger partial charge in [0.15, 0.2) is 6.61 Å². The molecule has 0 unspecified atom stereocenters. The third-order valence-electron chi connectivity index (χ3n) is 3.71. The van der Waals surface area contributed by atoms with Gasteiger partial charge in [-0.25, -0.2) is 5.43 Å². The summed E-state index contributed by atoms with van der Waals surface area (Å²) in [5.74, 6) is 1.04. The van der Waals surface area contributed by atoms with Gasteiger partial charge < -0.3 is 9.47 Å². The number of halogens is 1. The van der Waals surface area contributed by atoms with Crippen molar-refractivity contribution in [3.05, 3.63) is 94.5 Å². The van der Waals surface area contributed by atoms with E-state index in [1.54, 1.807) is 18.3 Å². The van der Waals surface area contributed by atoms with Gasteiger partial charge in [-0.15, -0.1) is 0 Å². The summed E-state index contributed by atoms with van der Waals surface area (Å²) >= 11 is 3.50. The predicted octanol–water partition coefficient (Wildman–Crippen LogP) is 4.56. The van der Waals surface area contributed by atoms with E-state index in [1.807, 2.05) is 66.7 Å². The van der Waals surface area contributed by atoms with E-state index in [1.165, 1.54) is 0 Å². The molecule has 0 spiro atoms. The molecule has 0 fully saturated rings. The Bertz CT molecular complexity index is 931. The molecule has 0 atom stereocenters. The summed E-state index contributed by atoms with van der Waals surface area (Å²) in [4.78, 5) is 11.8. The number of amides is 1. The molecule has 28 heavy (non-hydrogen) atoms. The highest BCUT2D eigenvalue weighted by Crippen LogP contribution is 2.26. The van der Waals surface area contributed by atoms with Crippen LogP contribution in [0.4, 0.5) is 0 Å². The molecule has 3 aromatic rings. The van der Waals surface area contributed by atoms with E-state index in [9.17, 15) is 4.79 Å². The van der Waals surface area contributed by atoms with E-state index < -0.39 is 0 Å². The number of hydrazone groups is 1. The molecule has 0 saturated heterocycles. The number of rotatable bonds is 8. The van der Waals surface area contributed by atoms with Crippen molar-refractivity contribution in [2.45, 2.75) is 6.61 Å². The van der Waals surface area contributed by atoms with Crippen molar-refractivity contribution in [2.24, 2.45) is 5.10 Å². The molecule has 1 amide bonds. The van der Waals surface area contributed by atoms with Crippen molar-refractivity contribution < 1.29 is 14.3 Å². The van der Waals surface area contributed by atoms with E-state index in [2.05, 4.69) is 26.5 Å². The number of hydrogen-bond acceptors (Lipinski definition) is 4.